The molecule has 0 unspecified atom stereocenters. The molecule has 1 heterocycles. The van der Waals surface area contributed by atoms with Crippen molar-refractivity contribution in [2.75, 3.05) is 6.61 Å². The molecular weight excluding hydrogens is 268 g/mol. The largest absolute Gasteiger partial charge is 0.494 e. The Morgan fingerprint density at radius 2 is 1.86 bits per heavy atom. The summed E-state index contributed by atoms with van der Waals surface area (Å²) in [4.78, 5) is 22.6. The number of carbonyl (C=O) groups is 2. The predicted molar refractivity (Wildman–Crippen MR) is 80.0 cm³/mol. The molecule has 0 radical (unpaired) electrons. The molecule has 1 aromatic rings. The molecule has 5 heteroatoms. The number of amides is 3. The summed E-state index contributed by atoms with van der Waals surface area (Å²) in [5.74, 6) is 1.20. The van der Waals surface area contributed by atoms with Gasteiger partial charge in [-0.05, 0) is 36.5 Å². The number of ether oxygens (including phenoxy) is 1. The van der Waals surface area contributed by atoms with Gasteiger partial charge in [0.2, 0.25) is 0 Å². The van der Waals surface area contributed by atoms with E-state index >= 15 is 0 Å². The number of nitrogens with one attached hydrogen (secondary N) is 2. The molecular formula is C16H22N2O3. The van der Waals surface area contributed by atoms with Gasteiger partial charge in [0.15, 0.2) is 0 Å². The van der Waals surface area contributed by atoms with Crippen LogP contribution in [0.1, 0.15) is 44.7 Å². The Balaban J connectivity index is 1.79. The summed E-state index contributed by atoms with van der Waals surface area (Å²) >= 11 is 0. The highest BCUT2D eigenvalue weighted by atomic mass is 16.5. The molecule has 2 N–H and O–H groups in total. The summed E-state index contributed by atoms with van der Waals surface area (Å²) in [6, 6.07) is 6.22. The number of urea groups is 1. The number of hydrogen-bond acceptors (Lipinski definition) is 3. The number of carbonyl (C=O) groups excluding carboxylic acids is 2. The van der Waals surface area contributed by atoms with E-state index in [9.17, 15) is 9.59 Å². The predicted octanol–water partition coefficient (Wildman–Crippen LogP) is 2.77. The number of benzene rings is 1. The van der Waals surface area contributed by atoms with Crippen molar-refractivity contribution in [3.8, 4) is 5.75 Å². The topological polar surface area (TPSA) is 67.4 Å². The second kappa shape index (κ2) is 7.11. The third-order valence-electron chi connectivity index (χ3n) is 3.43. The van der Waals surface area contributed by atoms with Crippen molar-refractivity contribution in [1.82, 2.24) is 10.6 Å². The Hall–Kier alpha value is -2.04. The molecule has 114 valence electrons. The van der Waals surface area contributed by atoms with Crippen LogP contribution in [0.15, 0.2) is 24.3 Å². The van der Waals surface area contributed by atoms with Crippen LogP contribution in [0.4, 0.5) is 4.79 Å². The lowest BCUT2D eigenvalue weighted by molar-refractivity contribution is -0.120. The fourth-order valence-corrected chi connectivity index (χ4v) is 2.25. The highest BCUT2D eigenvalue weighted by molar-refractivity contribution is 6.04. The minimum atomic E-state index is -0.599. The molecule has 1 atom stereocenters. The third-order valence-corrected chi connectivity index (χ3v) is 3.43. The van der Waals surface area contributed by atoms with E-state index in [2.05, 4.69) is 24.5 Å². The van der Waals surface area contributed by atoms with Crippen LogP contribution < -0.4 is 15.4 Å². The first-order valence-corrected chi connectivity index (χ1v) is 7.40. The zero-order chi connectivity index (χ0) is 15.2. The van der Waals surface area contributed by atoms with E-state index in [0.29, 0.717) is 6.61 Å². The van der Waals surface area contributed by atoms with Gasteiger partial charge in [-0.2, -0.15) is 0 Å². The molecule has 0 aromatic heterocycles. The summed E-state index contributed by atoms with van der Waals surface area (Å²) < 4.78 is 5.67. The monoisotopic (exact) mass is 290 g/mol. The first kappa shape index (κ1) is 15.4. The quantitative estimate of drug-likeness (QED) is 0.599. The minimum absolute atomic E-state index is 0.317. The lowest BCUT2D eigenvalue weighted by atomic mass is 10.1. The standard InChI is InChI=1S/C16H22N2O3/c1-11(2)5-3-4-10-21-13-8-6-12(7-9-13)14-15(19)18-16(20)17-14/h6-9,11,14H,3-5,10H2,1-2H3,(H2,17,18,19,20)/t14-/m1/s1. The summed E-state index contributed by atoms with van der Waals surface area (Å²) in [5.41, 5.74) is 0.755. The van der Waals surface area contributed by atoms with Crippen molar-refractivity contribution >= 4 is 11.9 Å². The van der Waals surface area contributed by atoms with Gasteiger partial charge < -0.3 is 10.1 Å². The van der Waals surface area contributed by atoms with Crippen LogP contribution in [0.25, 0.3) is 0 Å². The Morgan fingerprint density at radius 1 is 1.14 bits per heavy atom. The van der Waals surface area contributed by atoms with E-state index in [-0.39, 0.29) is 5.91 Å². The van der Waals surface area contributed by atoms with E-state index < -0.39 is 12.1 Å². The van der Waals surface area contributed by atoms with Gasteiger partial charge in [0.1, 0.15) is 11.8 Å². The average molecular weight is 290 g/mol. The van der Waals surface area contributed by atoms with Crippen LogP contribution in [0.2, 0.25) is 0 Å². The van der Waals surface area contributed by atoms with E-state index in [1.54, 1.807) is 12.1 Å². The second-order valence-corrected chi connectivity index (χ2v) is 5.70. The maximum atomic E-state index is 11.5. The summed E-state index contributed by atoms with van der Waals surface area (Å²) in [5, 5.41) is 4.79. The molecule has 1 saturated heterocycles. The van der Waals surface area contributed by atoms with Crippen LogP contribution >= 0.6 is 0 Å². The first-order valence-electron chi connectivity index (χ1n) is 7.40. The van der Waals surface area contributed by atoms with Gasteiger partial charge in [-0.15, -0.1) is 0 Å². The van der Waals surface area contributed by atoms with Gasteiger partial charge >= 0.3 is 6.03 Å². The second-order valence-electron chi connectivity index (χ2n) is 5.70. The minimum Gasteiger partial charge on any atom is -0.494 e. The van der Waals surface area contributed by atoms with E-state index in [1.165, 1.54) is 12.8 Å². The fraction of sp³-hybridized carbons (Fsp3) is 0.500. The number of unbranched alkanes of at least 4 members (excludes halogenated alkanes) is 1. The van der Waals surface area contributed by atoms with E-state index in [4.69, 9.17) is 4.74 Å². The molecule has 0 bridgehead atoms. The third kappa shape index (κ3) is 4.48. The Bertz CT molecular complexity index is 497. The average Bonchev–Trinajstić information content (AvgIpc) is 2.78. The maximum absolute atomic E-state index is 11.5. The molecule has 21 heavy (non-hydrogen) atoms. The van der Waals surface area contributed by atoms with Crippen LogP contribution in [0.5, 0.6) is 5.75 Å². The van der Waals surface area contributed by atoms with Crippen molar-refractivity contribution in [3.63, 3.8) is 0 Å². The van der Waals surface area contributed by atoms with Gasteiger partial charge in [0, 0.05) is 0 Å². The van der Waals surface area contributed by atoms with Crippen LogP contribution in [0.3, 0.4) is 0 Å². The zero-order valence-electron chi connectivity index (χ0n) is 12.5. The van der Waals surface area contributed by atoms with Gasteiger partial charge in [-0.1, -0.05) is 32.4 Å². The number of rotatable bonds is 7. The van der Waals surface area contributed by atoms with Gasteiger partial charge in [0.05, 0.1) is 6.61 Å². The zero-order valence-corrected chi connectivity index (χ0v) is 12.5. The van der Waals surface area contributed by atoms with Crippen molar-refractivity contribution in [2.24, 2.45) is 5.92 Å². The molecule has 3 amide bonds. The highest BCUT2D eigenvalue weighted by Crippen LogP contribution is 2.20. The van der Waals surface area contributed by atoms with Crippen molar-refractivity contribution in [2.45, 2.75) is 39.2 Å². The molecule has 2 rings (SSSR count). The SMILES string of the molecule is CC(C)CCCCOc1ccc([C@H]2NC(=O)NC2=O)cc1. The smallest absolute Gasteiger partial charge is 0.322 e. The molecule has 1 aliphatic heterocycles. The molecule has 0 aliphatic carbocycles. The van der Waals surface area contributed by atoms with Crippen molar-refractivity contribution in [3.05, 3.63) is 29.8 Å². The van der Waals surface area contributed by atoms with Crippen LogP contribution in [-0.4, -0.2) is 18.5 Å². The molecule has 5 nitrogen and oxygen atoms in total. The summed E-state index contributed by atoms with van der Waals surface area (Å²) in [7, 11) is 0. The number of hydrogen-bond donors (Lipinski definition) is 2. The maximum Gasteiger partial charge on any atom is 0.322 e. The lowest BCUT2D eigenvalue weighted by Crippen LogP contribution is -2.22. The van der Waals surface area contributed by atoms with Crippen LogP contribution in [-0.2, 0) is 4.79 Å². The highest BCUT2D eigenvalue weighted by Gasteiger charge is 2.30. The molecule has 1 aromatic carbocycles. The van der Waals surface area contributed by atoms with E-state index in [0.717, 1.165) is 23.7 Å². The van der Waals surface area contributed by atoms with Crippen molar-refractivity contribution < 1.29 is 14.3 Å². The molecule has 0 saturated carbocycles. The normalized spacial score (nSPS) is 17.8. The fourth-order valence-electron chi connectivity index (χ4n) is 2.25. The summed E-state index contributed by atoms with van der Waals surface area (Å²) in [6.07, 6.45) is 3.43. The van der Waals surface area contributed by atoms with Crippen LogP contribution in [0, 0.1) is 5.92 Å². The Kier molecular flexibility index (Phi) is 5.20. The van der Waals surface area contributed by atoms with E-state index in [1.807, 2.05) is 12.1 Å². The first-order chi connectivity index (χ1) is 10.1. The van der Waals surface area contributed by atoms with Gasteiger partial charge in [-0.25, -0.2) is 4.79 Å². The van der Waals surface area contributed by atoms with Gasteiger partial charge in [0.25, 0.3) is 5.91 Å². The number of imide groups is 1. The lowest BCUT2D eigenvalue weighted by Gasteiger charge is -2.10. The Morgan fingerprint density at radius 3 is 2.43 bits per heavy atom. The molecule has 1 aliphatic rings. The summed E-state index contributed by atoms with van der Waals surface area (Å²) in [6.45, 7) is 5.14. The van der Waals surface area contributed by atoms with Gasteiger partial charge in [-0.3, -0.25) is 10.1 Å². The molecule has 1 fully saturated rings. The van der Waals surface area contributed by atoms with Crippen molar-refractivity contribution in [1.29, 1.82) is 0 Å². The Labute approximate surface area is 125 Å². The molecule has 0 spiro atoms.